The normalized spacial score (nSPS) is 10.3. The minimum absolute atomic E-state index is 0.0345. The number of pyridine rings is 1. The molecule has 0 atom stereocenters. The summed E-state index contributed by atoms with van der Waals surface area (Å²) >= 11 is 0. The van der Waals surface area contributed by atoms with E-state index >= 15 is 0 Å². The van der Waals surface area contributed by atoms with Crippen LogP contribution >= 0.6 is 0 Å². The van der Waals surface area contributed by atoms with E-state index < -0.39 is 5.95 Å². The second kappa shape index (κ2) is 4.42. The van der Waals surface area contributed by atoms with Crippen LogP contribution in [-0.2, 0) is 0 Å². The molecule has 0 amide bonds. The van der Waals surface area contributed by atoms with Crippen LogP contribution < -0.4 is 4.74 Å². The maximum atomic E-state index is 13.0. The minimum atomic E-state index is -0.649. The summed E-state index contributed by atoms with van der Waals surface area (Å²) in [5.74, 6) is -0.296. The topological polar surface area (TPSA) is 59.0 Å². The molecule has 2 aromatic heterocycles. The maximum Gasteiger partial charge on any atom is 0.247 e. The van der Waals surface area contributed by atoms with Crippen molar-refractivity contribution in [2.24, 2.45) is 0 Å². The number of para-hydroxylation sites is 1. The van der Waals surface area contributed by atoms with Gasteiger partial charge in [0.1, 0.15) is 11.7 Å². The van der Waals surface area contributed by atoms with E-state index in [1.807, 2.05) is 6.07 Å². The van der Waals surface area contributed by atoms with Crippen molar-refractivity contribution >= 4 is 11.0 Å². The van der Waals surface area contributed by atoms with E-state index in [1.165, 1.54) is 18.2 Å². The lowest BCUT2D eigenvalue weighted by Gasteiger charge is -2.02. The zero-order valence-electron chi connectivity index (χ0n) is 9.63. The summed E-state index contributed by atoms with van der Waals surface area (Å²) < 4.78 is 23.8. The summed E-state index contributed by atoms with van der Waals surface area (Å²) in [6.07, 6.45) is 0. The van der Waals surface area contributed by atoms with E-state index in [1.54, 1.807) is 24.3 Å². The predicted octanol–water partition coefficient (Wildman–Crippen LogP) is 3.63. The molecule has 0 radical (unpaired) electrons. The molecule has 0 bridgehead atoms. The van der Waals surface area contributed by atoms with Gasteiger partial charge in [-0.2, -0.15) is 14.6 Å². The molecule has 0 N–H and O–H groups in total. The summed E-state index contributed by atoms with van der Waals surface area (Å²) in [5, 5.41) is 9.68. The smallest absolute Gasteiger partial charge is 0.247 e. The molecule has 19 heavy (non-hydrogen) atoms. The number of hydrogen-bond acceptors (Lipinski definition) is 4. The number of benzene rings is 1. The number of halogens is 1. The zero-order chi connectivity index (χ0) is 13.2. The van der Waals surface area contributed by atoms with Crippen LogP contribution in [-0.4, -0.2) is 4.98 Å². The summed E-state index contributed by atoms with van der Waals surface area (Å²) in [7, 11) is 0. The Labute approximate surface area is 107 Å². The number of fused-ring (bicyclic) bond motifs is 1. The van der Waals surface area contributed by atoms with Crippen molar-refractivity contribution in [1.29, 1.82) is 5.26 Å². The van der Waals surface area contributed by atoms with Gasteiger partial charge in [0, 0.05) is 6.07 Å². The molecule has 0 fully saturated rings. The number of rotatable bonds is 2. The molecule has 0 saturated carbocycles. The summed E-state index contributed by atoms with van der Waals surface area (Å²) in [6.45, 7) is 0. The Morgan fingerprint density at radius 1 is 1.16 bits per heavy atom. The van der Waals surface area contributed by atoms with Gasteiger partial charge in [-0.05, 0) is 18.2 Å². The van der Waals surface area contributed by atoms with Crippen molar-refractivity contribution in [3.05, 3.63) is 54.2 Å². The zero-order valence-corrected chi connectivity index (χ0v) is 9.63. The van der Waals surface area contributed by atoms with Gasteiger partial charge in [-0.25, -0.2) is 0 Å². The van der Waals surface area contributed by atoms with Gasteiger partial charge in [0.05, 0.1) is 5.39 Å². The average molecular weight is 254 g/mol. The summed E-state index contributed by atoms with van der Waals surface area (Å²) in [6, 6.07) is 13.2. The SMILES string of the molecule is N#Cc1oc2ccccc2c1Oc1cccc(F)n1. The molecular formula is C14H7FN2O2. The van der Waals surface area contributed by atoms with Crippen molar-refractivity contribution < 1.29 is 13.5 Å². The Kier molecular flexibility index (Phi) is 2.62. The molecule has 0 aliphatic heterocycles. The third kappa shape index (κ3) is 2.00. The Balaban J connectivity index is 2.12. The second-order valence-electron chi connectivity index (χ2n) is 3.77. The van der Waals surface area contributed by atoms with Crippen LogP contribution in [0.1, 0.15) is 5.76 Å². The fraction of sp³-hybridized carbons (Fsp3) is 0. The fourth-order valence-corrected chi connectivity index (χ4v) is 1.75. The molecule has 2 heterocycles. The fourth-order valence-electron chi connectivity index (χ4n) is 1.75. The Morgan fingerprint density at radius 3 is 2.79 bits per heavy atom. The van der Waals surface area contributed by atoms with Crippen LogP contribution in [0.25, 0.3) is 11.0 Å². The van der Waals surface area contributed by atoms with E-state index in [-0.39, 0.29) is 17.4 Å². The third-order valence-electron chi connectivity index (χ3n) is 2.55. The summed E-state index contributed by atoms with van der Waals surface area (Å²) in [5.41, 5.74) is 0.533. The Bertz CT molecular complexity index is 789. The van der Waals surface area contributed by atoms with E-state index in [0.717, 1.165) is 0 Å². The quantitative estimate of drug-likeness (QED) is 0.655. The third-order valence-corrected chi connectivity index (χ3v) is 2.55. The highest BCUT2D eigenvalue weighted by atomic mass is 19.1. The first-order valence-electron chi connectivity index (χ1n) is 5.50. The van der Waals surface area contributed by atoms with Gasteiger partial charge in [-0.1, -0.05) is 18.2 Å². The first kappa shape index (κ1) is 11.2. The number of hydrogen-bond donors (Lipinski definition) is 0. The van der Waals surface area contributed by atoms with Gasteiger partial charge in [-0.3, -0.25) is 0 Å². The van der Waals surface area contributed by atoms with Crippen LogP contribution in [0.2, 0.25) is 0 Å². The van der Waals surface area contributed by atoms with Gasteiger partial charge in [0.15, 0.2) is 5.75 Å². The van der Waals surface area contributed by atoms with Crippen LogP contribution in [0.5, 0.6) is 11.6 Å². The van der Waals surface area contributed by atoms with Crippen molar-refractivity contribution in [1.82, 2.24) is 4.98 Å². The van der Waals surface area contributed by atoms with Gasteiger partial charge in [0.2, 0.25) is 17.6 Å². The molecule has 0 spiro atoms. The number of nitriles is 1. The minimum Gasteiger partial charge on any atom is -0.442 e. The number of furan rings is 1. The average Bonchev–Trinajstić information content (AvgIpc) is 2.77. The van der Waals surface area contributed by atoms with Crippen LogP contribution in [0.4, 0.5) is 4.39 Å². The highest BCUT2D eigenvalue weighted by molar-refractivity contribution is 5.86. The monoisotopic (exact) mass is 254 g/mol. The second-order valence-corrected chi connectivity index (χ2v) is 3.77. The van der Waals surface area contributed by atoms with Crippen molar-refractivity contribution in [2.45, 2.75) is 0 Å². The highest BCUT2D eigenvalue weighted by Crippen LogP contribution is 2.35. The number of nitrogens with zero attached hydrogens (tertiary/aromatic N) is 2. The van der Waals surface area contributed by atoms with Gasteiger partial charge < -0.3 is 9.15 Å². The number of ether oxygens (including phenoxy) is 1. The molecule has 1 aromatic carbocycles. The summed E-state index contributed by atoms with van der Waals surface area (Å²) in [4.78, 5) is 3.59. The van der Waals surface area contributed by atoms with Gasteiger partial charge in [0.25, 0.3) is 0 Å². The van der Waals surface area contributed by atoms with Crippen molar-refractivity contribution in [2.75, 3.05) is 0 Å². The van der Waals surface area contributed by atoms with E-state index in [0.29, 0.717) is 11.0 Å². The first-order valence-corrected chi connectivity index (χ1v) is 5.50. The molecule has 0 unspecified atom stereocenters. The molecule has 3 aromatic rings. The molecule has 5 heteroatoms. The van der Waals surface area contributed by atoms with E-state index in [4.69, 9.17) is 14.4 Å². The van der Waals surface area contributed by atoms with Crippen molar-refractivity contribution in [3.8, 4) is 17.7 Å². The van der Waals surface area contributed by atoms with Crippen LogP contribution in [0, 0.1) is 17.3 Å². The van der Waals surface area contributed by atoms with Crippen LogP contribution in [0.15, 0.2) is 46.9 Å². The predicted molar refractivity (Wildman–Crippen MR) is 65.2 cm³/mol. The lowest BCUT2D eigenvalue weighted by atomic mass is 10.2. The Morgan fingerprint density at radius 2 is 2.00 bits per heavy atom. The van der Waals surface area contributed by atoms with E-state index in [9.17, 15) is 4.39 Å². The first-order chi connectivity index (χ1) is 9.28. The lowest BCUT2D eigenvalue weighted by molar-refractivity contribution is 0.436. The molecule has 92 valence electrons. The molecular weight excluding hydrogens is 247 g/mol. The molecule has 0 aliphatic carbocycles. The van der Waals surface area contributed by atoms with E-state index in [2.05, 4.69) is 4.98 Å². The maximum absolute atomic E-state index is 13.0. The Hall–Kier alpha value is -2.87. The largest absolute Gasteiger partial charge is 0.442 e. The van der Waals surface area contributed by atoms with Gasteiger partial charge in [-0.15, -0.1) is 0 Å². The molecule has 4 nitrogen and oxygen atoms in total. The molecule has 0 aliphatic rings. The standard InChI is InChI=1S/C14H7FN2O2/c15-12-6-3-7-13(17-12)19-14-9-4-1-2-5-10(9)18-11(14)8-16/h1-7H. The number of aromatic nitrogens is 1. The van der Waals surface area contributed by atoms with Crippen LogP contribution in [0.3, 0.4) is 0 Å². The van der Waals surface area contributed by atoms with Gasteiger partial charge >= 0.3 is 0 Å². The molecule has 0 saturated heterocycles. The lowest BCUT2D eigenvalue weighted by Crippen LogP contribution is -1.90. The van der Waals surface area contributed by atoms with Crippen molar-refractivity contribution in [3.63, 3.8) is 0 Å². The molecule has 3 rings (SSSR count). The highest BCUT2D eigenvalue weighted by Gasteiger charge is 2.16.